The van der Waals surface area contributed by atoms with Crippen molar-refractivity contribution in [3.8, 4) is 6.07 Å². The van der Waals surface area contributed by atoms with E-state index in [1.807, 2.05) is 6.07 Å². The highest BCUT2D eigenvalue weighted by Crippen LogP contribution is 2.14. The SMILES string of the molecule is N#Cc1ccc(NCCOCC(F)(F)F)nc1. The predicted octanol–water partition coefficient (Wildman–Crippen LogP) is 1.94. The van der Waals surface area contributed by atoms with Crippen LogP contribution in [0.3, 0.4) is 0 Å². The van der Waals surface area contributed by atoms with E-state index in [-0.39, 0.29) is 13.2 Å². The van der Waals surface area contributed by atoms with Gasteiger partial charge in [0.25, 0.3) is 0 Å². The summed E-state index contributed by atoms with van der Waals surface area (Å²) >= 11 is 0. The Labute approximate surface area is 96.0 Å². The summed E-state index contributed by atoms with van der Waals surface area (Å²) in [7, 11) is 0. The van der Waals surface area contributed by atoms with Gasteiger partial charge in [0.2, 0.25) is 0 Å². The van der Waals surface area contributed by atoms with Crippen molar-refractivity contribution < 1.29 is 17.9 Å². The fourth-order valence-corrected chi connectivity index (χ4v) is 1.00. The zero-order valence-electron chi connectivity index (χ0n) is 8.79. The Balaban J connectivity index is 2.20. The number of halogens is 3. The maximum absolute atomic E-state index is 11.7. The van der Waals surface area contributed by atoms with Crippen LogP contribution in [-0.4, -0.2) is 30.9 Å². The molecule has 0 saturated heterocycles. The van der Waals surface area contributed by atoms with Crippen molar-refractivity contribution in [3.05, 3.63) is 23.9 Å². The van der Waals surface area contributed by atoms with Crippen LogP contribution in [-0.2, 0) is 4.74 Å². The third kappa shape index (κ3) is 5.73. The molecular formula is C10H10F3N3O. The largest absolute Gasteiger partial charge is 0.411 e. The smallest absolute Gasteiger partial charge is 0.370 e. The average Bonchev–Trinajstić information content (AvgIpc) is 2.28. The Kier molecular flexibility index (Phi) is 4.72. The average molecular weight is 245 g/mol. The first kappa shape index (κ1) is 13.3. The number of nitrogens with one attached hydrogen (secondary N) is 1. The van der Waals surface area contributed by atoms with E-state index < -0.39 is 12.8 Å². The van der Waals surface area contributed by atoms with Crippen LogP contribution in [0.25, 0.3) is 0 Å². The summed E-state index contributed by atoms with van der Waals surface area (Å²) in [6.45, 7) is -1.11. The zero-order chi connectivity index (χ0) is 12.7. The second-order valence-electron chi connectivity index (χ2n) is 3.14. The van der Waals surface area contributed by atoms with Gasteiger partial charge in [0, 0.05) is 12.7 Å². The molecule has 1 heterocycles. The molecule has 1 rings (SSSR count). The van der Waals surface area contributed by atoms with Crippen molar-refractivity contribution >= 4 is 5.82 Å². The first-order valence-electron chi connectivity index (χ1n) is 4.76. The summed E-state index contributed by atoms with van der Waals surface area (Å²) in [5, 5.41) is 11.3. The molecule has 0 unspecified atom stereocenters. The van der Waals surface area contributed by atoms with Gasteiger partial charge >= 0.3 is 6.18 Å². The summed E-state index contributed by atoms with van der Waals surface area (Å²) in [5.74, 6) is 0.486. The number of nitrogens with zero attached hydrogens (tertiary/aromatic N) is 2. The molecule has 0 atom stereocenters. The van der Waals surface area contributed by atoms with Crippen LogP contribution in [0.15, 0.2) is 18.3 Å². The van der Waals surface area contributed by atoms with Crippen molar-refractivity contribution in [2.75, 3.05) is 25.1 Å². The number of hydrogen-bond acceptors (Lipinski definition) is 4. The van der Waals surface area contributed by atoms with Gasteiger partial charge < -0.3 is 10.1 Å². The van der Waals surface area contributed by atoms with Crippen LogP contribution in [0, 0.1) is 11.3 Å². The molecule has 0 fully saturated rings. The molecule has 1 aromatic heterocycles. The number of aromatic nitrogens is 1. The Morgan fingerprint density at radius 1 is 1.41 bits per heavy atom. The van der Waals surface area contributed by atoms with Crippen molar-refractivity contribution in [3.63, 3.8) is 0 Å². The lowest BCUT2D eigenvalue weighted by Crippen LogP contribution is -2.20. The zero-order valence-corrected chi connectivity index (χ0v) is 8.79. The van der Waals surface area contributed by atoms with Crippen LogP contribution >= 0.6 is 0 Å². The molecule has 0 bridgehead atoms. The first-order chi connectivity index (χ1) is 8.01. The lowest BCUT2D eigenvalue weighted by molar-refractivity contribution is -0.172. The number of nitriles is 1. The van der Waals surface area contributed by atoms with E-state index in [9.17, 15) is 13.2 Å². The summed E-state index contributed by atoms with van der Waals surface area (Å²) in [4.78, 5) is 3.88. The van der Waals surface area contributed by atoms with E-state index in [0.29, 0.717) is 11.4 Å². The van der Waals surface area contributed by atoms with E-state index in [0.717, 1.165) is 0 Å². The van der Waals surface area contributed by atoms with Gasteiger partial charge in [-0.3, -0.25) is 0 Å². The topological polar surface area (TPSA) is 57.9 Å². The quantitative estimate of drug-likeness (QED) is 0.805. The minimum Gasteiger partial charge on any atom is -0.370 e. The fraction of sp³-hybridized carbons (Fsp3) is 0.400. The number of hydrogen-bond donors (Lipinski definition) is 1. The van der Waals surface area contributed by atoms with Gasteiger partial charge in [-0.1, -0.05) is 0 Å². The molecule has 0 spiro atoms. The van der Waals surface area contributed by atoms with E-state index >= 15 is 0 Å². The van der Waals surface area contributed by atoms with Crippen LogP contribution in [0.5, 0.6) is 0 Å². The molecule has 1 aromatic rings. The van der Waals surface area contributed by atoms with Crippen molar-refractivity contribution in [1.82, 2.24) is 4.98 Å². The molecule has 0 aliphatic carbocycles. The van der Waals surface area contributed by atoms with Crippen LogP contribution in [0.2, 0.25) is 0 Å². The minimum atomic E-state index is -4.30. The van der Waals surface area contributed by atoms with Crippen LogP contribution < -0.4 is 5.32 Å². The Morgan fingerprint density at radius 2 is 2.18 bits per heavy atom. The Morgan fingerprint density at radius 3 is 2.71 bits per heavy atom. The van der Waals surface area contributed by atoms with Gasteiger partial charge in [-0.2, -0.15) is 18.4 Å². The van der Waals surface area contributed by atoms with Crippen molar-refractivity contribution in [2.24, 2.45) is 0 Å². The monoisotopic (exact) mass is 245 g/mol. The third-order valence-corrected chi connectivity index (χ3v) is 1.71. The van der Waals surface area contributed by atoms with Crippen LogP contribution in [0.4, 0.5) is 19.0 Å². The lowest BCUT2D eigenvalue weighted by atomic mass is 10.3. The van der Waals surface area contributed by atoms with E-state index in [4.69, 9.17) is 5.26 Å². The summed E-state index contributed by atoms with van der Waals surface area (Å²) in [5.41, 5.74) is 0.420. The van der Waals surface area contributed by atoms with E-state index in [1.165, 1.54) is 6.20 Å². The van der Waals surface area contributed by atoms with Gasteiger partial charge in [-0.05, 0) is 12.1 Å². The fourth-order valence-electron chi connectivity index (χ4n) is 1.00. The first-order valence-corrected chi connectivity index (χ1v) is 4.76. The van der Waals surface area contributed by atoms with E-state index in [1.54, 1.807) is 12.1 Å². The standard InChI is InChI=1S/C10H10F3N3O/c11-10(12,13)7-17-4-3-15-9-2-1-8(5-14)6-16-9/h1-2,6H,3-4,7H2,(H,15,16). The molecule has 0 radical (unpaired) electrons. The molecule has 7 heteroatoms. The molecule has 4 nitrogen and oxygen atoms in total. The van der Waals surface area contributed by atoms with Gasteiger partial charge in [-0.25, -0.2) is 4.98 Å². The number of pyridine rings is 1. The summed E-state index contributed by atoms with van der Waals surface area (Å²) in [6, 6.07) is 5.04. The molecule has 1 N–H and O–H groups in total. The highest BCUT2D eigenvalue weighted by Gasteiger charge is 2.27. The molecule has 0 amide bonds. The Hall–Kier alpha value is -1.81. The van der Waals surface area contributed by atoms with Gasteiger partial charge in [-0.15, -0.1) is 0 Å². The Bertz CT molecular complexity index is 383. The summed E-state index contributed by atoms with van der Waals surface area (Å²) in [6.07, 6.45) is -2.93. The minimum absolute atomic E-state index is 0.0683. The summed E-state index contributed by atoms with van der Waals surface area (Å²) < 4.78 is 39.5. The van der Waals surface area contributed by atoms with Gasteiger partial charge in [0.1, 0.15) is 18.5 Å². The molecular weight excluding hydrogens is 235 g/mol. The molecule has 0 aromatic carbocycles. The second-order valence-corrected chi connectivity index (χ2v) is 3.14. The number of anilines is 1. The molecule has 0 aliphatic heterocycles. The third-order valence-electron chi connectivity index (χ3n) is 1.71. The maximum Gasteiger partial charge on any atom is 0.411 e. The number of rotatable bonds is 5. The number of ether oxygens (including phenoxy) is 1. The molecule has 17 heavy (non-hydrogen) atoms. The van der Waals surface area contributed by atoms with E-state index in [2.05, 4.69) is 15.0 Å². The number of alkyl halides is 3. The van der Waals surface area contributed by atoms with Crippen molar-refractivity contribution in [1.29, 1.82) is 5.26 Å². The van der Waals surface area contributed by atoms with Gasteiger partial charge in [0.15, 0.2) is 0 Å². The van der Waals surface area contributed by atoms with Crippen LogP contribution in [0.1, 0.15) is 5.56 Å². The van der Waals surface area contributed by atoms with Gasteiger partial charge in [0.05, 0.1) is 12.2 Å². The van der Waals surface area contributed by atoms with Crippen molar-refractivity contribution in [2.45, 2.75) is 6.18 Å². The molecule has 0 saturated carbocycles. The lowest BCUT2D eigenvalue weighted by Gasteiger charge is -2.08. The molecule has 0 aliphatic rings. The normalized spacial score (nSPS) is 10.9. The maximum atomic E-state index is 11.7. The highest BCUT2D eigenvalue weighted by atomic mass is 19.4. The molecule has 92 valence electrons. The highest BCUT2D eigenvalue weighted by molar-refractivity contribution is 5.38. The second kappa shape index (κ2) is 6.06. The predicted molar refractivity (Wildman–Crippen MR) is 54.3 cm³/mol.